The lowest BCUT2D eigenvalue weighted by molar-refractivity contribution is -0.426. The van der Waals surface area contributed by atoms with Crippen molar-refractivity contribution in [2.24, 2.45) is 34.0 Å². The quantitative estimate of drug-likeness (QED) is 0.262. The Morgan fingerprint density at radius 2 is 1.91 bits per heavy atom. The summed E-state index contributed by atoms with van der Waals surface area (Å²) in [5.74, 6) is -4.65. The van der Waals surface area contributed by atoms with Crippen LogP contribution in [0.25, 0.3) is 6.08 Å². The van der Waals surface area contributed by atoms with Crippen molar-refractivity contribution in [1.82, 2.24) is 0 Å². The summed E-state index contributed by atoms with van der Waals surface area (Å²) in [6, 6.07) is 11.2. The second-order valence-electron chi connectivity index (χ2n) is 13.8. The average molecular weight is 615 g/mol. The maximum absolute atomic E-state index is 13.4. The van der Waals surface area contributed by atoms with Crippen LogP contribution in [0.4, 0.5) is 0 Å². The van der Waals surface area contributed by atoms with Crippen molar-refractivity contribution in [3.63, 3.8) is 0 Å². The molecule has 8 rings (SSSR count). The van der Waals surface area contributed by atoms with Gasteiger partial charge in [0.05, 0.1) is 32.2 Å². The molecule has 2 saturated carbocycles. The Kier molecular flexibility index (Phi) is 6.80. The van der Waals surface area contributed by atoms with E-state index >= 15 is 0 Å². The number of hydrogen-bond acceptors (Lipinski definition) is 9. The van der Waals surface area contributed by atoms with Crippen molar-refractivity contribution in [2.75, 3.05) is 13.7 Å². The zero-order valence-electron chi connectivity index (χ0n) is 25.9. The highest BCUT2D eigenvalue weighted by molar-refractivity contribution is 5.87. The molecule has 0 radical (unpaired) electrons. The Morgan fingerprint density at radius 1 is 1.13 bits per heavy atom. The largest absolute Gasteiger partial charge is 0.472 e. The van der Waals surface area contributed by atoms with Gasteiger partial charge in [-0.25, -0.2) is 9.59 Å². The van der Waals surface area contributed by atoms with Crippen LogP contribution >= 0.6 is 0 Å². The van der Waals surface area contributed by atoms with Crippen LogP contribution in [0.15, 0.2) is 82.7 Å². The van der Waals surface area contributed by atoms with Crippen molar-refractivity contribution in [1.29, 1.82) is 0 Å². The molecular weight excluding hydrogens is 576 g/mol. The summed E-state index contributed by atoms with van der Waals surface area (Å²) >= 11 is 0. The van der Waals surface area contributed by atoms with Crippen molar-refractivity contribution >= 4 is 24.0 Å². The first-order valence-corrected chi connectivity index (χ1v) is 15.5. The molecule has 45 heavy (non-hydrogen) atoms. The van der Waals surface area contributed by atoms with E-state index in [0.717, 1.165) is 22.3 Å². The topological polar surface area (TPSA) is 122 Å². The highest BCUT2D eigenvalue weighted by Gasteiger charge is 2.78. The average Bonchev–Trinajstić information content (AvgIpc) is 3.56. The lowest BCUT2D eigenvalue weighted by atomic mass is 9.38. The summed E-state index contributed by atoms with van der Waals surface area (Å²) in [6.07, 6.45) is 9.69. The molecule has 1 aromatic heterocycles. The van der Waals surface area contributed by atoms with Gasteiger partial charge in [-0.15, -0.1) is 0 Å². The van der Waals surface area contributed by atoms with E-state index in [1.807, 2.05) is 56.3 Å². The zero-order valence-corrected chi connectivity index (χ0v) is 25.9. The SMILES string of the molecule is COC(=O)C[C@@H]1C2(C)[C@H]3CC[C@]4(C)C(=CC(=O)O[C@H]4c4ccoc4)C3=CC3[C@@H](OC(=O)/C=C/c4ccccc4)[C@@]1(C)CO[C@]32O. The standard InChI is InChI=1S/C36H38O9/c1-33-14-12-24-23(25(33)17-30(39)45-31(33)22-13-15-42-19-22)16-26-32(44-28(37)11-10-21-8-6-5-7-9-21)34(2)20-43-36(26,40)35(24,3)27(34)18-29(38)41-4/h5-11,13,15-17,19,24,26-27,31-32,40H,12,14,18,20H2,1-4H3/b11-10+/t24-,26?,27-,31-,32+,33+,34-,35?,36+/m0/s1. The number of aliphatic hydroxyl groups is 1. The molecule has 2 unspecified atom stereocenters. The summed E-state index contributed by atoms with van der Waals surface area (Å²) in [4.78, 5) is 39.5. The van der Waals surface area contributed by atoms with Gasteiger partial charge in [0.25, 0.3) is 0 Å². The van der Waals surface area contributed by atoms with Gasteiger partial charge in [-0.05, 0) is 53.5 Å². The smallest absolute Gasteiger partial charge is 0.331 e. The molecule has 0 amide bonds. The predicted molar refractivity (Wildman–Crippen MR) is 161 cm³/mol. The molecule has 9 nitrogen and oxygen atoms in total. The number of cyclic esters (lactones) is 1. The molecule has 6 aliphatic rings. The van der Waals surface area contributed by atoms with E-state index in [0.29, 0.717) is 12.8 Å². The van der Waals surface area contributed by atoms with Crippen LogP contribution in [0.2, 0.25) is 0 Å². The van der Waals surface area contributed by atoms with E-state index in [1.54, 1.807) is 24.7 Å². The molecule has 9 atom stereocenters. The third-order valence-electron chi connectivity index (χ3n) is 11.6. The van der Waals surface area contributed by atoms with Crippen LogP contribution in [0, 0.1) is 34.0 Å². The van der Waals surface area contributed by atoms with Gasteiger partial charge >= 0.3 is 17.9 Å². The molecular formula is C36H38O9. The zero-order chi connectivity index (χ0) is 31.8. The number of carbonyl (C=O) groups excluding carboxylic acids is 3. The van der Waals surface area contributed by atoms with Gasteiger partial charge in [0.1, 0.15) is 12.2 Å². The van der Waals surface area contributed by atoms with E-state index in [2.05, 4.69) is 6.92 Å². The summed E-state index contributed by atoms with van der Waals surface area (Å²) in [6.45, 7) is 6.14. The van der Waals surface area contributed by atoms with E-state index in [1.165, 1.54) is 13.2 Å². The summed E-state index contributed by atoms with van der Waals surface area (Å²) in [7, 11) is 1.35. The van der Waals surface area contributed by atoms with Crippen molar-refractivity contribution < 1.29 is 42.9 Å². The first-order chi connectivity index (χ1) is 21.5. The summed E-state index contributed by atoms with van der Waals surface area (Å²) in [5.41, 5.74) is 0.972. The summed E-state index contributed by atoms with van der Waals surface area (Å²) in [5, 5.41) is 12.6. The molecule has 3 aliphatic heterocycles. The minimum absolute atomic E-state index is 0.00950. The van der Waals surface area contributed by atoms with Gasteiger partial charge in [-0.2, -0.15) is 0 Å². The van der Waals surface area contributed by atoms with Crippen LogP contribution in [0.1, 0.15) is 57.3 Å². The van der Waals surface area contributed by atoms with Gasteiger partial charge in [0.15, 0.2) is 5.79 Å². The van der Waals surface area contributed by atoms with Gasteiger partial charge < -0.3 is 28.5 Å². The maximum atomic E-state index is 13.4. The number of esters is 3. The number of furan rings is 1. The third-order valence-corrected chi connectivity index (χ3v) is 11.6. The molecule has 236 valence electrons. The highest BCUT2D eigenvalue weighted by atomic mass is 16.6. The van der Waals surface area contributed by atoms with Crippen molar-refractivity contribution in [2.45, 2.75) is 58.0 Å². The first-order valence-electron chi connectivity index (χ1n) is 15.5. The van der Waals surface area contributed by atoms with Gasteiger partial charge in [0, 0.05) is 40.4 Å². The lowest BCUT2D eigenvalue weighted by Crippen LogP contribution is -2.79. The molecule has 1 N–H and O–H groups in total. The monoisotopic (exact) mass is 614 g/mol. The molecule has 9 heteroatoms. The molecule has 3 aliphatic carbocycles. The molecule has 4 heterocycles. The number of benzene rings is 1. The number of allylic oxidation sites excluding steroid dienone is 1. The number of ether oxygens (including phenoxy) is 4. The minimum Gasteiger partial charge on any atom is -0.472 e. The lowest BCUT2D eigenvalue weighted by Gasteiger charge is -2.73. The maximum Gasteiger partial charge on any atom is 0.331 e. The Morgan fingerprint density at radius 3 is 2.62 bits per heavy atom. The summed E-state index contributed by atoms with van der Waals surface area (Å²) < 4.78 is 29.0. The number of rotatable bonds is 6. The van der Waals surface area contributed by atoms with Crippen LogP contribution in [0.3, 0.4) is 0 Å². The van der Waals surface area contributed by atoms with Crippen LogP contribution in [0.5, 0.6) is 0 Å². The Hall–Kier alpha value is -3.95. The molecule has 2 aromatic rings. The Bertz CT molecular complexity index is 1620. The van der Waals surface area contributed by atoms with E-state index in [-0.39, 0.29) is 18.9 Å². The third kappa shape index (κ3) is 4.16. The number of carbonyl (C=O) groups is 3. The molecule has 4 bridgehead atoms. The second kappa shape index (κ2) is 10.3. The number of methoxy groups -OCH3 is 1. The predicted octanol–water partition coefficient (Wildman–Crippen LogP) is 5.33. The normalized spacial score (nSPS) is 39.7. The van der Waals surface area contributed by atoms with Gasteiger partial charge in [-0.1, -0.05) is 57.2 Å². The van der Waals surface area contributed by atoms with E-state index in [4.69, 9.17) is 23.4 Å². The van der Waals surface area contributed by atoms with Crippen LogP contribution in [-0.4, -0.2) is 48.6 Å². The van der Waals surface area contributed by atoms with E-state index in [9.17, 15) is 19.5 Å². The second-order valence-corrected chi connectivity index (χ2v) is 13.8. The van der Waals surface area contributed by atoms with Crippen LogP contribution in [-0.2, 0) is 33.3 Å². The fourth-order valence-corrected chi connectivity index (χ4v) is 9.35. The molecule has 4 fully saturated rings. The number of fused-ring (bicyclic) bond motifs is 4. The molecule has 0 spiro atoms. The fraction of sp³-hybridized carbons (Fsp3) is 0.472. The highest BCUT2D eigenvalue weighted by Crippen LogP contribution is 2.74. The minimum atomic E-state index is -1.74. The van der Waals surface area contributed by atoms with Gasteiger partial charge in [0.2, 0.25) is 0 Å². The van der Waals surface area contributed by atoms with Crippen molar-refractivity contribution in [3.8, 4) is 0 Å². The van der Waals surface area contributed by atoms with Gasteiger partial charge in [-0.3, -0.25) is 4.79 Å². The van der Waals surface area contributed by atoms with Crippen molar-refractivity contribution in [3.05, 3.63) is 89.4 Å². The van der Waals surface area contributed by atoms with E-state index < -0.39 is 64.0 Å². The molecule has 1 aromatic carbocycles. The first kappa shape index (κ1) is 29.7. The Labute approximate surface area is 261 Å². The molecule has 2 saturated heterocycles. The number of hydrogen-bond donors (Lipinski definition) is 1. The Balaban J connectivity index is 1.35. The fourth-order valence-electron chi connectivity index (χ4n) is 9.35. The van der Waals surface area contributed by atoms with Crippen LogP contribution < -0.4 is 0 Å².